The molecule has 2 N–H and O–H groups in total. The Kier molecular flexibility index (Phi) is 4.99. The van der Waals surface area contributed by atoms with E-state index in [-0.39, 0.29) is 23.2 Å². The maximum atomic E-state index is 12.2. The molecule has 24 heavy (non-hydrogen) atoms. The van der Waals surface area contributed by atoms with Crippen LogP contribution in [-0.4, -0.2) is 32.3 Å². The Morgan fingerprint density at radius 1 is 1.25 bits per heavy atom. The third kappa shape index (κ3) is 3.02. The number of rotatable bonds is 5. The third-order valence-electron chi connectivity index (χ3n) is 4.76. The van der Waals surface area contributed by atoms with Crippen LogP contribution < -0.4 is 0 Å². The first-order valence-corrected chi connectivity index (χ1v) is 8.15. The van der Waals surface area contributed by atoms with Gasteiger partial charge < -0.3 is 10.2 Å². The minimum atomic E-state index is -1.51. The van der Waals surface area contributed by atoms with Gasteiger partial charge in [-0.05, 0) is 44.2 Å². The van der Waals surface area contributed by atoms with Crippen LogP contribution in [0.3, 0.4) is 0 Å². The van der Waals surface area contributed by atoms with Crippen molar-refractivity contribution in [3.63, 3.8) is 0 Å². The van der Waals surface area contributed by atoms with Crippen molar-refractivity contribution in [3.8, 4) is 0 Å². The Morgan fingerprint density at radius 2 is 1.92 bits per heavy atom. The zero-order chi connectivity index (χ0) is 18.1. The summed E-state index contributed by atoms with van der Waals surface area (Å²) in [5, 5.41) is 27.7. The molecule has 1 heterocycles. The molecule has 130 valence electrons. The Labute approximate surface area is 145 Å². The molecule has 0 saturated heterocycles. The number of carboxylic acid groups (broad SMARTS) is 2. The van der Waals surface area contributed by atoms with E-state index in [4.69, 9.17) is 11.6 Å². The highest BCUT2D eigenvalue weighted by Crippen LogP contribution is 2.50. The van der Waals surface area contributed by atoms with E-state index in [2.05, 4.69) is 10.2 Å². The summed E-state index contributed by atoms with van der Waals surface area (Å²) in [6, 6.07) is 2.98. The fourth-order valence-corrected chi connectivity index (χ4v) is 3.72. The third-order valence-corrected chi connectivity index (χ3v) is 4.96. The number of carbonyl (C=O) groups is 2. The van der Waals surface area contributed by atoms with Gasteiger partial charge in [-0.2, -0.15) is 5.10 Å². The topological polar surface area (TPSA) is 100 Å². The van der Waals surface area contributed by atoms with Crippen LogP contribution in [0.1, 0.15) is 45.7 Å². The maximum Gasteiger partial charge on any atom is 0.320 e. The van der Waals surface area contributed by atoms with Gasteiger partial charge in [0, 0.05) is 0 Å². The first-order valence-electron chi connectivity index (χ1n) is 7.78. The fourth-order valence-electron chi connectivity index (χ4n) is 3.62. The van der Waals surface area contributed by atoms with Crippen LogP contribution in [0.4, 0.5) is 0 Å². The molecule has 1 aliphatic carbocycles. The molecule has 7 heteroatoms. The lowest BCUT2D eigenvalue weighted by molar-refractivity contribution is -0.155. The molecule has 0 spiro atoms. The number of hydrogen-bond donors (Lipinski definition) is 2. The minimum absolute atomic E-state index is 0.0541. The zero-order valence-electron chi connectivity index (χ0n) is 13.9. The van der Waals surface area contributed by atoms with Crippen LogP contribution in [0.25, 0.3) is 0 Å². The normalized spacial score (nSPS) is 27.0. The average Bonchev–Trinajstić information content (AvgIpc) is 2.49. The van der Waals surface area contributed by atoms with E-state index in [0.717, 1.165) is 0 Å². The lowest BCUT2D eigenvalue weighted by atomic mass is 9.58. The summed E-state index contributed by atoms with van der Waals surface area (Å²) in [4.78, 5) is 24.3. The Balaban J connectivity index is 2.64. The van der Waals surface area contributed by atoms with Crippen molar-refractivity contribution < 1.29 is 19.8 Å². The molecule has 0 amide bonds. The van der Waals surface area contributed by atoms with Gasteiger partial charge in [-0.25, -0.2) is 0 Å². The molecule has 2 rings (SSSR count). The fraction of sp³-hybridized carbons (Fsp3) is 0.529. The predicted molar refractivity (Wildman–Crippen MR) is 88.9 cm³/mol. The second-order valence-corrected chi connectivity index (χ2v) is 7.29. The smallest absolute Gasteiger partial charge is 0.320 e. The van der Waals surface area contributed by atoms with E-state index >= 15 is 0 Å². The van der Waals surface area contributed by atoms with E-state index in [1.165, 1.54) is 12.1 Å². The van der Waals surface area contributed by atoms with Crippen molar-refractivity contribution in [2.45, 2.75) is 45.4 Å². The van der Waals surface area contributed by atoms with E-state index in [1.54, 1.807) is 13.0 Å². The molecule has 1 aromatic rings. The summed E-state index contributed by atoms with van der Waals surface area (Å²) in [7, 11) is 0. The Hall–Kier alpha value is -1.95. The molecule has 2 unspecified atom stereocenters. The maximum absolute atomic E-state index is 12.2. The second-order valence-electron chi connectivity index (χ2n) is 6.90. The van der Waals surface area contributed by atoms with Gasteiger partial charge in [0.05, 0.1) is 11.1 Å². The molecular formula is C17H21ClN2O4. The summed E-state index contributed by atoms with van der Waals surface area (Å²) in [6.07, 6.45) is 2.36. The molecule has 1 aliphatic rings. The molecule has 1 aromatic heterocycles. The molecule has 0 saturated carbocycles. The van der Waals surface area contributed by atoms with Gasteiger partial charge in [0.25, 0.3) is 0 Å². The van der Waals surface area contributed by atoms with Crippen molar-refractivity contribution >= 4 is 23.5 Å². The molecule has 0 aromatic carbocycles. The van der Waals surface area contributed by atoms with Crippen molar-refractivity contribution in [2.24, 2.45) is 11.3 Å². The summed E-state index contributed by atoms with van der Waals surface area (Å²) < 4.78 is 0. The highest BCUT2D eigenvalue weighted by molar-refractivity contribution is 6.29. The number of nitrogens with zero attached hydrogens (tertiary/aromatic N) is 2. The summed E-state index contributed by atoms with van der Waals surface area (Å²) >= 11 is 5.76. The lowest BCUT2D eigenvalue weighted by Crippen LogP contribution is -2.49. The Morgan fingerprint density at radius 3 is 2.38 bits per heavy atom. The van der Waals surface area contributed by atoms with Crippen LogP contribution in [0, 0.1) is 11.3 Å². The van der Waals surface area contributed by atoms with Crippen molar-refractivity contribution in [1.82, 2.24) is 10.2 Å². The molecule has 0 aliphatic heterocycles. The average molecular weight is 353 g/mol. The number of hydrogen-bond acceptors (Lipinski definition) is 4. The highest BCUT2D eigenvalue weighted by Gasteiger charge is 2.55. The zero-order valence-corrected chi connectivity index (χ0v) is 14.7. The van der Waals surface area contributed by atoms with Crippen molar-refractivity contribution in [1.29, 1.82) is 0 Å². The first-order chi connectivity index (χ1) is 11.1. The van der Waals surface area contributed by atoms with E-state index in [0.29, 0.717) is 18.4 Å². The predicted octanol–water partition coefficient (Wildman–Crippen LogP) is 3.31. The monoisotopic (exact) mass is 352 g/mol. The SMILES string of the molecule is CC1=CCC(CC(C)C)(C(=O)O)CC1(C(=O)O)c1ccc(Cl)nn1. The first kappa shape index (κ1) is 18.4. The summed E-state index contributed by atoms with van der Waals surface area (Å²) in [6.45, 7) is 5.56. The number of aliphatic carboxylic acids is 2. The molecule has 0 bridgehead atoms. The van der Waals surface area contributed by atoms with Crippen LogP contribution in [0.2, 0.25) is 5.15 Å². The number of halogens is 1. The van der Waals surface area contributed by atoms with Crippen LogP contribution in [-0.2, 0) is 15.0 Å². The van der Waals surface area contributed by atoms with E-state index in [9.17, 15) is 19.8 Å². The molecule has 2 atom stereocenters. The van der Waals surface area contributed by atoms with Gasteiger partial charge in [-0.15, -0.1) is 5.10 Å². The highest BCUT2D eigenvalue weighted by atomic mass is 35.5. The Bertz CT molecular complexity index is 686. The van der Waals surface area contributed by atoms with Gasteiger partial charge >= 0.3 is 11.9 Å². The second kappa shape index (κ2) is 6.51. The van der Waals surface area contributed by atoms with Gasteiger partial charge in [-0.3, -0.25) is 9.59 Å². The molecule has 0 radical (unpaired) electrons. The summed E-state index contributed by atoms with van der Waals surface area (Å²) in [5.41, 5.74) is -1.87. The molecule has 6 nitrogen and oxygen atoms in total. The van der Waals surface area contributed by atoms with Gasteiger partial charge in [0.2, 0.25) is 0 Å². The number of carboxylic acids is 2. The van der Waals surface area contributed by atoms with Crippen LogP contribution in [0.5, 0.6) is 0 Å². The standard InChI is InChI=1S/C17H21ClN2O4/c1-10(2)8-16(14(21)22)7-6-11(3)17(9-16,15(23)24)12-4-5-13(18)20-19-12/h4-6,10H,7-9H2,1-3H3,(H,21,22)(H,23,24). The molecular weight excluding hydrogens is 332 g/mol. The minimum Gasteiger partial charge on any atom is -0.481 e. The van der Waals surface area contributed by atoms with Gasteiger partial charge in [-0.1, -0.05) is 37.1 Å². The summed E-state index contributed by atoms with van der Waals surface area (Å²) in [5.74, 6) is -1.98. The molecule has 0 fully saturated rings. The van der Waals surface area contributed by atoms with Crippen molar-refractivity contribution in [3.05, 3.63) is 34.6 Å². The number of allylic oxidation sites excluding steroid dienone is 1. The largest absolute Gasteiger partial charge is 0.481 e. The van der Waals surface area contributed by atoms with E-state index < -0.39 is 22.8 Å². The van der Waals surface area contributed by atoms with Gasteiger partial charge in [0.1, 0.15) is 5.41 Å². The van der Waals surface area contributed by atoms with Crippen LogP contribution in [0.15, 0.2) is 23.8 Å². The van der Waals surface area contributed by atoms with Crippen molar-refractivity contribution in [2.75, 3.05) is 0 Å². The number of aromatic nitrogens is 2. The quantitative estimate of drug-likeness (QED) is 0.788. The van der Waals surface area contributed by atoms with Crippen LogP contribution >= 0.6 is 11.6 Å². The lowest BCUT2D eigenvalue weighted by Gasteiger charge is -2.43. The van der Waals surface area contributed by atoms with Gasteiger partial charge in [0.15, 0.2) is 5.15 Å². The van der Waals surface area contributed by atoms with E-state index in [1.807, 2.05) is 13.8 Å².